The normalized spacial score (nSPS) is 15.3. The Morgan fingerprint density at radius 2 is 1.86 bits per heavy atom. The van der Waals surface area contributed by atoms with Crippen LogP contribution in [0.2, 0.25) is 0 Å². The number of likely N-dealkylation sites (N-methyl/N-ethyl adjacent to an activating group) is 1. The molecule has 0 atom stereocenters. The summed E-state index contributed by atoms with van der Waals surface area (Å²) >= 11 is 0. The van der Waals surface area contributed by atoms with E-state index < -0.39 is 0 Å². The van der Waals surface area contributed by atoms with Crippen LogP contribution in [0.4, 0.5) is 0 Å². The molecule has 0 aliphatic heterocycles. The summed E-state index contributed by atoms with van der Waals surface area (Å²) in [6, 6.07) is 8.79. The van der Waals surface area contributed by atoms with Crippen LogP contribution in [0.25, 0.3) is 5.57 Å². The van der Waals surface area contributed by atoms with E-state index >= 15 is 0 Å². The monoisotopic (exact) mass is 284 g/mol. The van der Waals surface area contributed by atoms with Crippen molar-refractivity contribution in [2.45, 2.75) is 39.3 Å². The van der Waals surface area contributed by atoms with E-state index in [1.54, 1.807) is 0 Å². The summed E-state index contributed by atoms with van der Waals surface area (Å²) in [6.07, 6.45) is 5.61. The van der Waals surface area contributed by atoms with E-state index in [-0.39, 0.29) is 5.54 Å². The minimum atomic E-state index is 0.141. The summed E-state index contributed by atoms with van der Waals surface area (Å²) in [4.78, 5) is 2.24. The number of allylic oxidation sites excluding steroid dienone is 2. The van der Waals surface area contributed by atoms with Crippen LogP contribution in [-0.4, -0.2) is 31.1 Å². The highest BCUT2D eigenvalue weighted by Crippen LogP contribution is 2.31. The molecular weight excluding hydrogens is 256 g/mol. The first-order chi connectivity index (χ1) is 9.87. The number of nitrogens with one attached hydrogen (secondary N) is 1. The molecule has 2 nitrogen and oxygen atoms in total. The van der Waals surface area contributed by atoms with Crippen LogP contribution < -0.4 is 5.32 Å². The number of hydrogen-bond donors (Lipinski definition) is 1. The maximum absolute atomic E-state index is 3.60. The Labute approximate surface area is 129 Å². The lowest BCUT2D eigenvalue weighted by atomic mass is 9.95. The quantitative estimate of drug-likeness (QED) is 0.883. The van der Waals surface area contributed by atoms with Crippen LogP contribution >= 0.6 is 0 Å². The number of nitrogens with zero attached hydrogens (tertiary/aromatic N) is 1. The summed E-state index contributed by atoms with van der Waals surface area (Å²) in [6.45, 7) is 8.56. The van der Waals surface area contributed by atoms with Crippen molar-refractivity contribution >= 4 is 5.57 Å². The highest BCUT2D eigenvalue weighted by molar-refractivity contribution is 5.77. The molecule has 0 spiro atoms. The van der Waals surface area contributed by atoms with Crippen molar-refractivity contribution < 1.29 is 0 Å². The van der Waals surface area contributed by atoms with Gasteiger partial charge in [0.05, 0.1) is 0 Å². The van der Waals surface area contributed by atoms with Crippen LogP contribution in [0.5, 0.6) is 0 Å². The van der Waals surface area contributed by atoms with Crippen molar-refractivity contribution in [2.75, 3.05) is 20.6 Å². The Morgan fingerprint density at radius 1 is 1.14 bits per heavy atom. The number of benzene rings is 1. The Morgan fingerprint density at radius 3 is 2.52 bits per heavy atom. The van der Waals surface area contributed by atoms with Gasteiger partial charge in [0, 0.05) is 18.6 Å². The van der Waals surface area contributed by atoms with E-state index in [1.807, 2.05) is 0 Å². The maximum Gasteiger partial charge on any atom is 0.0230 e. The minimum Gasteiger partial charge on any atom is -0.308 e. The third-order valence-corrected chi connectivity index (χ3v) is 3.67. The Bertz CT molecular complexity index is 545. The van der Waals surface area contributed by atoms with Gasteiger partial charge < -0.3 is 10.2 Å². The van der Waals surface area contributed by atoms with Gasteiger partial charge in [0.25, 0.3) is 0 Å². The molecule has 0 heterocycles. The van der Waals surface area contributed by atoms with Gasteiger partial charge in [-0.2, -0.15) is 0 Å². The molecule has 1 aromatic carbocycles. The lowest BCUT2D eigenvalue weighted by molar-refractivity contribution is 0.424. The molecular formula is C19H28N2. The van der Waals surface area contributed by atoms with Gasteiger partial charge in [0.15, 0.2) is 0 Å². The summed E-state index contributed by atoms with van der Waals surface area (Å²) in [5.74, 6) is 0. The second-order valence-corrected chi connectivity index (χ2v) is 7.11. The fourth-order valence-corrected chi connectivity index (χ4v) is 2.65. The van der Waals surface area contributed by atoms with Crippen molar-refractivity contribution in [3.05, 3.63) is 53.1 Å². The molecule has 0 amide bonds. The molecule has 0 saturated carbocycles. The number of hydrogen-bond acceptors (Lipinski definition) is 2. The highest BCUT2D eigenvalue weighted by Gasteiger charge is 2.16. The Kier molecular flexibility index (Phi) is 5.02. The van der Waals surface area contributed by atoms with Gasteiger partial charge in [-0.3, -0.25) is 0 Å². The van der Waals surface area contributed by atoms with Crippen LogP contribution in [-0.2, 0) is 6.54 Å². The number of rotatable bonds is 5. The molecule has 0 radical (unpaired) electrons. The van der Waals surface area contributed by atoms with Gasteiger partial charge in [-0.15, -0.1) is 0 Å². The van der Waals surface area contributed by atoms with Gasteiger partial charge in [-0.25, -0.2) is 0 Å². The maximum atomic E-state index is 3.60. The molecule has 0 bridgehead atoms. The van der Waals surface area contributed by atoms with Crippen LogP contribution in [0.15, 0.2) is 42.0 Å². The molecule has 2 heteroatoms. The van der Waals surface area contributed by atoms with Crippen LogP contribution in [0.1, 0.15) is 38.3 Å². The molecule has 0 unspecified atom stereocenters. The van der Waals surface area contributed by atoms with E-state index in [0.717, 1.165) is 19.5 Å². The Hall–Kier alpha value is -1.38. The predicted octanol–water partition coefficient (Wildman–Crippen LogP) is 3.85. The smallest absolute Gasteiger partial charge is 0.0230 e. The molecule has 114 valence electrons. The average molecular weight is 284 g/mol. The van der Waals surface area contributed by atoms with Gasteiger partial charge in [-0.1, -0.05) is 36.4 Å². The van der Waals surface area contributed by atoms with Gasteiger partial charge in [0.1, 0.15) is 0 Å². The summed E-state index contributed by atoms with van der Waals surface area (Å²) in [5, 5.41) is 3.60. The average Bonchev–Trinajstić information content (AvgIpc) is 2.83. The van der Waals surface area contributed by atoms with Gasteiger partial charge in [0.2, 0.25) is 0 Å². The third-order valence-electron chi connectivity index (χ3n) is 3.67. The summed E-state index contributed by atoms with van der Waals surface area (Å²) in [5.41, 5.74) is 5.86. The van der Waals surface area contributed by atoms with E-state index in [2.05, 4.69) is 81.5 Å². The Balaban J connectivity index is 2.27. The first-order valence-corrected chi connectivity index (χ1v) is 7.73. The van der Waals surface area contributed by atoms with Crippen molar-refractivity contribution in [1.29, 1.82) is 0 Å². The van der Waals surface area contributed by atoms with Crippen LogP contribution in [0, 0.1) is 0 Å². The molecule has 2 rings (SSSR count). The van der Waals surface area contributed by atoms with E-state index in [1.165, 1.54) is 22.3 Å². The lowest BCUT2D eigenvalue weighted by Crippen LogP contribution is -2.35. The summed E-state index contributed by atoms with van der Waals surface area (Å²) in [7, 11) is 4.26. The van der Waals surface area contributed by atoms with Gasteiger partial charge >= 0.3 is 0 Å². The molecule has 0 saturated heterocycles. The molecule has 0 aromatic heterocycles. The molecule has 0 fully saturated rings. The lowest BCUT2D eigenvalue weighted by Gasteiger charge is -2.22. The fraction of sp³-hybridized carbons (Fsp3) is 0.474. The SMILES string of the molecule is CN(C)CC1=C(c2ccccc2CNC(C)(C)C)CC=C1. The largest absolute Gasteiger partial charge is 0.308 e. The molecule has 1 aromatic rings. The highest BCUT2D eigenvalue weighted by atomic mass is 15.0. The van der Waals surface area contributed by atoms with Crippen molar-refractivity contribution in [2.24, 2.45) is 0 Å². The van der Waals surface area contributed by atoms with E-state index in [4.69, 9.17) is 0 Å². The minimum absolute atomic E-state index is 0.141. The van der Waals surface area contributed by atoms with Crippen molar-refractivity contribution in [3.63, 3.8) is 0 Å². The first kappa shape index (κ1) is 16.0. The molecule has 1 aliphatic carbocycles. The van der Waals surface area contributed by atoms with Gasteiger partial charge in [-0.05, 0) is 63.6 Å². The standard InChI is InChI=1S/C19H28N2/c1-19(2,3)20-13-15-9-6-7-11-17(15)18-12-8-10-16(18)14-21(4)5/h6-11,20H,12-14H2,1-5H3. The topological polar surface area (TPSA) is 15.3 Å². The van der Waals surface area contributed by atoms with Crippen molar-refractivity contribution in [3.8, 4) is 0 Å². The molecule has 1 N–H and O–H groups in total. The van der Waals surface area contributed by atoms with Crippen LogP contribution in [0.3, 0.4) is 0 Å². The van der Waals surface area contributed by atoms with Crippen molar-refractivity contribution in [1.82, 2.24) is 10.2 Å². The van der Waals surface area contributed by atoms with E-state index in [0.29, 0.717) is 0 Å². The zero-order valence-corrected chi connectivity index (χ0v) is 14.0. The fourth-order valence-electron chi connectivity index (χ4n) is 2.65. The zero-order chi connectivity index (χ0) is 15.5. The van der Waals surface area contributed by atoms with E-state index in [9.17, 15) is 0 Å². The third kappa shape index (κ3) is 4.55. The predicted molar refractivity (Wildman–Crippen MR) is 92.3 cm³/mol. The second-order valence-electron chi connectivity index (χ2n) is 7.11. The summed E-state index contributed by atoms with van der Waals surface area (Å²) < 4.78 is 0. The zero-order valence-electron chi connectivity index (χ0n) is 14.0. The second kappa shape index (κ2) is 6.59. The molecule has 21 heavy (non-hydrogen) atoms. The first-order valence-electron chi connectivity index (χ1n) is 7.73. The molecule has 1 aliphatic rings.